The highest BCUT2D eigenvalue weighted by Crippen LogP contribution is 2.46. The Kier molecular flexibility index (Phi) is 6.41. The first kappa shape index (κ1) is 17.2. The van der Waals surface area contributed by atoms with Gasteiger partial charge in [-0.3, -0.25) is 14.4 Å². The number of hydrogen-bond acceptors (Lipinski definition) is 5. The van der Waals surface area contributed by atoms with Crippen LogP contribution in [0.5, 0.6) is 0 Å². The average molecular weight is 294 g/mol. The minimum Gasteiger partial charge on any atom is -0.469 e. The van der Waals surface area contributed by atoms with Crippen LogP contribution in [0.4, 0.5) is 0 Å². The summed E-state index contributed by atoms with van der Waals surface area (Å²) in [6.07, 6.45) is 2.53. The van der Waals surface area contributed by atoms with Gasteiger partial charge in [0.25, 0.3) is 0 Å². The zero-order valence-corrected chi connectivity index (χ0v) is 12.9. The van der Waals surface area contributed by atoms with E-state index >= 15 is 0 Å². The van der Waals surface area contributed by atoms with Crippen LogP contribution in [-0.2, 0) is 23.9 Å². The smallest absolute Gasteiger partial charge is 0.320 e. The molecule has 0 N–H and O–H groups in total. The van der Waals surface area contributed by atoms with Gasteiger partial charge in [0, 0.05) is 25.7 Å². The van der Waals surface area contributed by atoms with Crippen molar-refractivity contribution in [1.29, 1.82) is 0 Å². The molecule has 1 aliphatic rings. The molecule has 0 amide bonds. The fourth-order valence-corrected chi connectivity index (χ4v) is 2.76. The summed E-state index contributed by atoms with van der Waals surface area (Å²) >= 11 is 0. The van der Waals surface area contributed by atoms with E-state index in [1.54, 1.807) is 0 Å². The fourth-order valence-electron chi connectivity index (χ4n) is 2.76. The second kappa shape index (κ2) is 7.82. The van der Waals surface area contributed by atoms with Crippen LogP contribution in [-0.4, -0.2) is 31.9 Å². The minimum absolute atomic E-state index is 0.0345. The third-order valence-electron chi connectivity index (χ3n) is 3.97. The fraction of sp³-hybridized carbons (Fsp3) is 0.688. The van der Waals surface area contributed by atoms with E-state index in [9.17, 15) is 14.4 Å². The molecule has 0 radical (unpaired) electrons. The predicted octanol–water partition coefficient (Wildman–Crippen LogP) is 1.88. The SMILES string of the molecule is CCCC#CCC1(C(=O)OC)C(=O)CCC1CC(=O)OC. The van der Waals surface area contributed by atoms with Crippen LogP contribution in [0, 0.1) is 23.2 Å². The molecule has 1 saturated carbocycles. The summed E-state index contributed by atoms with van der Waals surface area (Å²) in [6.45, 7) is 2.01. The van der Waals surface area contributed by atoms with Crippen molar-refractivity contribution in [3.63, 3.8) is 0 Å². The minimum atomic E-state index is -1.32. The van der Waals surface area contributed by atoms with Crippen LogP contribution in [0.25, 0.3) is 0 Å². The molecule has 1 aliphatic carbocycles. The van der Waals surface area contributed by atoms with E-state index in [1.165, 1.54) is 14.2 Å². The lowest BCUT2D eigenvalue weighted by Crippen LogP contribution is -2.42. The first-order valence-corrected chi connectivity index (χ1v) is 7.17. The Balaban J connectivity index is 3.06. The monoisotopic (exact) mass is 294 g/mol. The van der Waals surface area contributed by atoms with Crippen LogP contribution in [0.3, 0.4) is 0 Å². The Morgan fingerprint density at radius 1 is 1.29 bits per heavy atom. The maximum absolute atomic E-state index is 12.3. The molecule has 1 rings (SSSR count). The summed E-state index contributed by atoms with van der Waals surface area (Å²) in [5.41, 5.74) is -1.32. The zero-order chi connectivity index (χ0) is 15.9. The Hall–Kier alpha value is -1.83. The summed E-state index contributed by atoms with van der Waals surface area (Å²) in [4.78, 5) is 36.1. The van der Waals surface area contributed by atoms with E-state index in [4.69, 9.17) is 4.74 Å². The molecular weight excluding hydrogens is 272 g/mol. The summed E-state index contributed by atoms with van der Waals surface area (Å²) in [7, 11) is 2.55. The molecule has 0 aliphatic heterocycles. The lowest BCUT2D eigenvalue weighted by atomic mass is 9.73. The number of Topliss-reactive ketones (excluding diaryl/α,β-unsaturated/α-hetero) is 1. The number of ether oxygens (including phenoxy) is 2. The Morgan fingerprint density at radius 3 is 2.57 bits per heavy atom. The van der Waals surface area contributed by atoms with Crippen LogP contribution in [0.1, 0.15) is 45.4 Å². The van der Waals surface area contributed by atoms with Gasteiger partial charge in [-0.15, -0.1) is 11.8 Å². The number of unbranched alkanes of at least 4 members (excludes halogenated alkanes) is 1. The van der Waals surface area contributed by atoms with Gasteiger partial charge in [-0.25, -0.2) is 0 Å². The first-order valence-electron chi connectivity index (χ1n) is 7.17. The van der Waals surface area contributed by atoms with E-state index in [0.717, 1.165) is 6.42 Å². The molecule has 2 atom stereocenters. The van der Waals surface area contributed by atoms with Crippen LogP contribution in [0.2, 0.25) is 0 Å². The molecule has 1 fully saturated rings. The first-order chi connectivity index (χ1) is 10.0. The van der Waals surface area contributed by atoms with Gasteiger partial charge in [0.2, 0.25) is 0 Å². The maximum Gasteiger partial charge on any atom is 0.320 e. The van der Waals surface area contributed by atoms with Crippen molar-refractivity contribution < 1.29 is 23.9 Å². The van der Waals surface area contributed by atoms with Gasteiger partial charge in [-0.2, -0.15) is 0 Å². The number of hydrogen-bond donors (Lipinski definition) is 0. The number of rotatable bonds is 5. The second-order valence-electron chi connectivity index (χ2n) is 5.18. The van der Waals surface area contributed by atoms with Crippen molar-refractivity contribution >= 4 is 17.7 Å². The van der Waals surface area contributed by atoms with Crippen LogP contribution >= 0.6 is 0 Å². The van der Waals surface area contributed by atoms with E-state index in [-0.39, 0.29) is 25.0 Å². The second-order valence-corrected chi connectivity index (χ2v) is 5.18. The van der Waals surface area contributed by atoms with Gasteiger partial charge in [0.05, 0.1) is 14.2 Å². The standard InChI is InChI=1S/C16H22O5/c1-4-5-6-7-10-16(15(19)21-3)12(8-9-13(16)17)11-14(18)20-2/h12H,4-5,8-11H2,1-3H3. The quantitative estimate of drug-likeness (QED) is 0.440. The molecule has 5 heteroatoms. The largest absolute Gasteiger partial charge is 0.469 e. The maximum atomic E-state index is 12.3. The van der Waals surface area contributed by atoms with Crippen molar-refractivity contribution in [2.45, 2.75) is 45.4 Å². The molecule has 0 heterocycles. The normalized spacial score (nSPS) is 24.1. The molecule has 116 valence electrons. The molecule has 0 aromatic carbocycles. The van der Waals surface area contributed by atoms with Crippen molar-refractivity contribution in [2.75, 3.05) is 14.2 Å². The van der Waals surface area contributed by atoms with Gasteiger partial charge in [-0.05, 0) is 18.8 Å². The Bertz CT molecular complexity index is 471. The lowest BCUT2D eigenvalue weighted by molar-refractivity contribution is -0.160. The van der Waals surface area contributed by atoms with Crippen molar-refractivity contribution in [1.82, 2.24) is 0 Å². The molecule has 0 aromatic rings. The number of esters is 2. The number of ketones is 1. The Labute approximate surface area is 125 Å². The van der Waals surface area contributed by atoms with Gasteiger partial charge in [0.15, 0.2) is 5.78 Å². The third-order valence-corrected chi connectivity index (χ3v) is 3.97. The summed E-state index contributed by atoms with van der Waals surface area (Å²) < 4.78 is 9.49. The average Bonchev–Trinajstić information content (AvgIpc) is 2.80. The highest BCUT2D eigenvalue weighted by molar-refractivity contribution is 6.06. The lowest BCUT2D eigenvalue weighted by Gasteiger charge is -2.28. The molecule has 5 nitrogen and oxygen atoms in total. The van der Waals surface area contributed by atoms with E-state index in [0.29, 0.717) is 12.8 Å². The van der Waals surface area contributed by atoms with Gasteiger partial charge < -0.3 is 9.47 Å². The van der Waals surface area contributed by atoms with E-state index < -0.39 is 23.3 Å². The predicted molar refractivity (Wildman–Crippen MR) is 76.1 cm³/mol. The number of methoxy groups -OCH3 is 2. The molecule has 0 bridgehead atoms. The van der Waals surface area contributed by atoms with Crippen LogP contribution < -0.4 is 0 Å². The van der Waals surface area contributed by atoms with Crippen LogP contribution in [0.15, 0.2) is 0 Å². The van der Waals surface area contributed by atoms with Crippen molar-refractivity contribution in [2.24, 2.45) is 11.3 Å². The molecule has 0 saturated heterocycles. The topological polar surface area (TPSA) is 69.7 Å². The van der Waals surface area contributed by atoms with E-state index in [2.05, 4.69) is 16.6 Å². The summed E-state index contributed by atoms with van der Waals surface area (Å²) in [5, 5.41) is 0. The van der Waals surface area contributed by atoms with Crippen molar-refractivity contribution in [3.05, 3.63) is 0 Å². The summed E-state index contributed by atoms with van der Waals surface area (Å²) in [6, 6.07) is 0. The highest BCUT2D eigenvalue weighted by Gasteiger charge is 2.56. The molecule has 21 heavy (non-hydrogen) atoms. The van der Waals surface area contributed by atoms with Gasteiger partial charge in [-0.1, -0.05) is 6.92 Å². The zero-order valence-electron chi connectivity index (χ0n) is 12.9. The Morgan fingerprint density at radius 2 is 2.00 bits per heavy atom. The highest BCUT2D eigenvalue weighted by atomic mass is 16.5. The molecular formula is C16H22O5. The van der Waals surface area contributed by atoms with Gasteiger partial charge >= 0.3 is 11.9 Å². The molecule has 2 unspecified atom stereocenters. The van der Waals surface area contributed by atoms with Gasteiger partial charge in [0.1, 0.15) is 5.41 Å². The van der Waals surface area contributed by atoms with E-state index in [1.807, 2.05) is 6.92 Å². The molecule has 0 aromatic heterocycles. The summed E-state index contributed by atoms with van der Waals surface area (Å²) in [5.74, 6) is 4.25. The number of carbonyl (C=O) groups is 3. The third kappa shape index (κ3) is 3.63. The molecule has 0 spiro atoms. The van der Waals surface area contributed by atoms with Crippen molar-refractivity contribution in [3.8, 4) is 11.8 Å². The number of carbonyl (C=O) groups excluding carboxylic acids is 3.